The fourth-order valence-electron chi connectivity index (χ4n) is 1.25. The Morgan fingerprint density at radius 1 is 1.73 bits per heavy atom. The van der Waals surface area contributed by atoms with Crippen molar-refractivity contribution < 1.29 is 14.7 Å². The minimum atomic E-state index is -1.07. The number of hydrogen-bond donors (Lipinski definition) is 2. The van der Waals surface area contributed by atoms with Crippen LogP contribution >= 0.6 is 11.6 Å². The number of carboxylic acid groups (broad SMARTS) is 1. The van der Waals surface area contributed by atoms with Crippen LogP contribution in [0.5, 0.6) is 0 Å². The number of aliphatic carboxylic acids is 1. The van der Waals surface area contributed by atoms with Gasteiger partial charge in [0.05, 0.1) is 11.6 Å². The lowest BCUT2D eigenvalue weighted by atomic mass is 9.95. The Morgan fingerprint density at radius 3 is 2.80 bits per heavy atom. The van der Waals surface area contributed by atoms with Gasteiger partial charge < -0.3 is 15.7 Å². The number of nitrogens with zero attached hydrogens (tertiary/aromatic N) is 1. The first-order valence-corrected chi connectivity index (χ1v) is 4.55. The van der Waals surface area contributed by atoms with Gasteiger partial charge in [0.25, 0.3) is 0 Å². The van der Waals surface area contributed by atoms with E-state index in [0.717, 1.165) is 0 Å². The van der Waals surface area contributed by atoms with Gasteiger partial charge in [-0.05, 0) is 18.6 Å². The van der Waals surface area contributed by atoms with Crippen molar-refractivity contribution >= 4 is 23.3 Å². The Morgan fingerprint density at radius 2 is 2.33 bits per heavy atom. The van der Waals surface area contributed by atoms with Crippen LogP contribution in [0.1, 0.15) is 6.92 Å². The molecule has 0 amide bonds. The molecule has 6 heteroatoms. The number of halogens is 1. The largest absolute Gasteiger partial charge is 0.478 e. The topological polar surface area (TPSA) is 84.9 Å². The predicted octanol–water partition coefficient (Wildman–Crippen LogP) is 0.854. The molecule has 1 rings (SSSR count). The second-order valence-corrected chi connectivity index (χ2v) is 3.42. The smallest absolute Gasteiger partial charge is 0.336 e. The molecule has 5 nitrogen and oxygen atoms in total. The molecule has 1 unspecified atom stereocenters. The Kier molecular flexibility index (Phi) is 3.49. The highest BCUT2D eigenvalue weighted by molar-refractivity contribution is 6.35. The molecule has 15 heavy (non-hydrogen) atoms. The molecular weight excluding hydrogens is 220 g/mol. The highest BCUT2D eigenvalue weighted by Crippen LogP contribution is 2.26. The summed E-state index contributed by atoms with van der Waals surface area (Å²) in [6, 6.07) is -0.630. The lowest BCUT2D eigenvalue weighted by Gasteiger charge is -2.19. The average molecular weight is 231 g/mol. The molecule has 0 saturated carbocycles. The molecule has 1 aliphatic carbocycles. The lowest BCUT2D eigenvalue weighted by molar-refractivity contribution is -0.132. The zero-order chi connectivity index (χ0) is 11.6. The summed E-state index contributed by atoms with van der Waals surface area (Å²) in [4.78, 5) is 15.4. The van der Waals surface area contributed by atoms with Gasteiger partial charge in [-0.25, -0.2) is 4.79 Å². The van der Waals surface area contributed by atoms with Crippen molar-refractivity contribution in [3.8, 4) is 0 Å². The summed E-state index contributed by atoms with van der Waals surface area (Å²) in [6.45, 7) is 1.60. The summed E-state index contributed by atoms with van der Waals surface area (Å²) in [5.74, 6) is -1.07. The number of rotatable bonds is 2. The van der Waals surface area contributed by atoms with Crippen LogP contribution in [0.3, 0.4) is 0 Å². The zero-order valence-electron chi connectivity index (χ0n) is 8.32. The molecule has 1 atom stereocenters. The normalized spacial score (nSPS) is 24.1. The Labute approximate surface area is 91.8 Å². The van der Waals surface area contributed by atoms with Gasteiger partial charge in [-0.15, -0.1) is 0 Å². The molecule has 3 N–H and O–H groups in total. The number of oxime groups is 1. The molecule has 0 fully saturated rings. The predicted molar refractivity (Wildman–Crippen MR) is 56.7 cm³/mol. The van der Waals surface area contributed by atoms with Crippen LogP contribution in [0.2, 0.25) is 0 Å². The third-order valence-electron chi connectivity index (χ3n) is 2.07. The first-order chi connectivity index (χ1) is 6.99. The van der Waals surface area contributed by atoms with Crippen LogP contribution < -0.4 is 5.73 Å². The quantitative estimate of drug-likeness (QED) is 0.689. The molecule has 0 aliphatic heterocycles. The standard InChI is InChI=1S/C9H11ClN2O3/c1-4-5(9(13)14)3-6(12-15-2)8(11)7(4)10/h3,8H,11H2,1-2H3,(H,13,14). The fourth-order valence-corrected chi connectivity index (χ4v) is 1.46. The van der Waals surface area contributed by atoms with Gasteiger partial charge in [0, 0.05) is 5.03 Å². The third kappa shape index (κ3) is 2.19. The van der Waals surface area contributed by atoms with E-state index in [1.807, 2.05) is 0 Å². The Bertz CT molecular complexity index is 385. The van der Waals surface area contributed by atoms with Crippen LogP contribution in [-0.2, 0) is 9.63 Å². The summed E-state index contributed by atoms with van der Waals surface area (Å²) in [6.07, 6.45) is 1.36. The monoisotopic (exact) mass is 230 g/mol. The molecule has 0 heterocycles. The minimum Gasteiger partial charge on any atom is -0.478 e. The molecule has 1 aliphatic rings. The molecular formula is C9H11ClN2O3. The molecule has 82 valence electrons. The summed E-state index contributed by atoms with van der Waals surface area (Å²) >= 11 is 5.90. The first kappa shape index (κ1) is 11.7. The van der Waals surface area contributed by atoms with E-state index in [-0.39, 0.29) is 10.6 Å². The van der Waals surface area contributed by atoms with Gasteiger partial charge in [-0.3, -0.25) is 0 Å². The maximum atomic E-state index is 10.9. The van der Waals surface area contributed by atoms with Crippen LogP contribution in [0.25, 0.3) is 0 Å². The third-order valence-corrected chi connectivity index (χ3v) is 2.59. The molecule has 0 radical (unpaired) electrons. The maximum Gasteiger partial charge on any atom is 0.336 e. The van der Waals surface area contributed by atoms with E-state index in [1.165, 1.54) is 13.2 Å². The number of hydrogen-bond acceptors (Lipinski definition) is 4. The van der Waals surface area contributed by atoms with Crippen molar-refractivity contribution in [2.24, 2.45) is 10.9 Å². The van der Waals surface area contributed by atoms with Crippen molar-refractivity contribution in [1.29, 1.82) is 0 Å². The number of carboxylic acids is 1. The van der Waals surface area contributed by atoms with Crippen LogP contribution in [0.15, 0.2) is 27.4 Å². The number of carbonyl (C=O) groups is 1. The van der Waals surface area contributed by atoms with E-state index in [0.29, 0.717) is 11.3 Å². The average Bonchev–Trinajstić information content (AvgIpc) is 2.18. The van der Waals surface area contributed by atoms with Crippen LogP contribution in [0.4, 0.5) is 0 Å². The van der Waals surface area contributed by atoms with Gasteiger partial charge in [0.2, 0.25) is 0 Å². The van der Waals surface area contributed by atoms with Gasteiger partial charge in [-0.2, -0.15) is 0 Å². The van der Waals surface area contributed by atoms with E-state index in [4.69, 9.17) is 22.4 Å². The summed E-state index contributed by atoms with van der Waals surface area (Å²) < 4.78 is 0. The molecule has 0 aromatic heterocycles. The maximum absolute atomic E-state index is 10.9. The molecule has 0 aromatic rings. The van der Waals surface area contributed by atoms with Crippen molar-refractivity contribution in [2.45, 2.75) is 13.0 Å². The van der Waals surface area contributed by atoms with Crippen molar-refractivity contribution in [3.05, 3.63) is 22.3 Å². The van der Waals surface area contributed by atoms with E-state index in [9.17, 15) is 4.79 Å². The molecule has 0 bridgehead atoms. The lowest BCUT2D eigenvalue weighted by Crippen LogP contribution is -2.34. The van der Waals surface area contributed by atoms with Crippen molar-refractivity contribution in [1.82, 2.24) is 0 Å². The van der Waals surface area contributed by atoms with Gasteiger partial charge in [0.1, 0.15) is 12.8 Å². The van der Waals surface area contributed by atoms with Crippen molar-refractivity contribution in [3.63, 3.8) is 0 Å². The summed E-state index contributed by atoms with van der Waals surface area (Å²) in [5.41, 5.74) is 6.55. The highest BCUT2D eigenvalue weighted by atomic mass is 35.5. The molecule has 0 saturated heterocycles. The van der Waals surface area contributed by atoms with Crippen molar-refractivity contribution in [2.75, 3.05) is 7.11 Å². The zero-order valence-corrected chi connectivity index (χ0v) is 9.08. The van der Waals surface area contributed by atoms with Gasteiger partial charge >= 0.3 is 5.97 Å². The summed E-state index contributed by atoms with van der Waals surface area (Å²) in [7, 11) is 1.35. The fraction of sp³-hybridized carbons (Fsp3) is 0.333. The molecule has 0 spiro atoms. The SMILES string of the molecule is CON=C1C=C(C(=O)O)C(C)=C(Cl)C1N. The molecule has 0 aromatic carbocycles. The first-order valence-electron chi connectivity index (χ1n) is 4.17. The Balaban J connectivity index is 3.23. The van der Waals surface area contributed by atoms with Crippen LogP contribution in [0, 0.1) is 0 Å². The van der Waals surface area contributed by atoms with E-state index in [1.54, 1.807) is 6.92 Å². The van der Waals surface area contributed by atoms with E-state index < -0.39 is 12.0 Å². The second-order valence-electron chi connectivity index (χ2n) is 3.01. The highest BCUT2D eigenvalue weighted by Gasteiger charge is 2.26. The second kappa shape index (κ2) is 4.46. The summed E-state index contributed by atoms with van der Waals surface area (Å²) in [5, 5.41) is 12.8. The Hall–Kier alpha value is -1.33. The van der Waals surface area contributed by atoms with E-state index in [2.05, 4.69) is 9.99 Å². The number of nitrogens with two attached hydrogens (primary N) is 1. The minimum absolute atomic E-state index is 0.0810. The van der Waals surface area contributed by atoms with Crippen LogP contribution in [-0.4, -0.2) is 29.9 Å². The van der Waals surface area contributed by atoms with E-state index >= 15 is 0 Å². The van der Waals surface area contributed by atoms with Gasteiger partial charge in [-0.1, -0.05) is 16.8 Å². The van der Waals surface area contributed by atoms with Gasteiger partial charge in [0.15, 0.2) is 0 Å².